The van der Waals surface area contributed by atoms with Crippen LogP contribution >= 0.6 is 0 Å². The van der Waals surface area contributed by atoms with Crippen molar-refractivity contribution in [2.75, 3.05) is 29.6 Å². The molecule has 16 heteroatoms. The summed E-state index contributed by atoms with van der Waals surface area (Å²) in [5, 5.41) is 17.0. The van der Waals surface area contributed by atoms with E-state index in [1.54, 1.807) is 84.9 Å². The summed E-state index contributed by atoms with van der Waals surface area (Å²) < 4.78 is 60.5. The lowest BCUT2D eigenvalue weighted by Crippen LogP contribution is -2.27. The van der Waals surface area contributed by atoms with E-state index in [2.05, 4.69) is 25.5 Å². The van der Waals surface area contributed by atoms with Gasteiger partial charge in [0.2, 0.25) is 0 Å². The van der Waals surface area contributed by atoms with Gasteiger partial charge in [0.1, 0.15) is 0 Å². The van der Waals surface area contributed by atoms with Crippen LogP contribution in [0.1, 0.15) is 39.1 Å². The third kappa shape index (κ3) is 12.0. The Hall–Kier alpha value is -6.46. The Balaban J connectivity index is 0.000000221. The number of hydrogen-bond donors (Lipinski definition) is 7. The summed E-state index contributed by atoms with van der Waals surface area (Å²) >= 11 is 0. The van der Waals surface area contributed by atoms with E-state index in [9.17, 15) is 31.5 Å². The average molecular weight is 825 g/mol. The zero-order chi connectivity index (χ0) is 41.5. The molecule has 0 aliphatic carbocycles. The molecule has 0 aromatic heterocycles. The van der Waals surface area contributed by atoms with Gasteiger partial charge >= 0.3 is 0 Å². The summed E-state index contributed by atoms with van der Waals surface area (Å²) in [4.78, 5) is 25.0. The number of methoxy groups -OCH3 is 1. The van der Waals surface area contributed by atoms with Crippen LogP contribution in [0.4, 0.5) is 11.4 Å². The Bertz CT molecular complexity index is 2570. The van der Waals surface area contributed by atoms with E-state index >= 15 is 0 Å². The molecule has 14 nitrogen and oxygen atoms in total. The van der Waals surface area contributed by atoms with Crippen LogP contribution in [0.5, 0.6) is 11.5 Å². The first-order valence-corrected chi connectivity index (χ1v) is 21.0. The predicted molar refractivity (Wildman–Crippen MR) is 224 cm³/mol. The van der Waals surface area contributed by atoms with E-state index in [1.807, 2.05) is 24.3 Å². The monoisotopic (exact) mass is 824 g/mol. The van der Waals surface area contributed by atoms with E-state index in [-0.39, 0.29) is 39.6 Å². The number of unbranched alkanes of at least 4 members (excludes halogenated alkanes) is 1. The van der Waals surface area contributed by atoms with Gasteiger partial charge in [0.15, 0.2) is 11.5 Å². The van der Waals surface area contributed by atoms with E-state index < -0.39 is 20.0 Å². The van der Waals surface area contributed by atoms with Crippen LogP contribution < -0.4 is 36.1 Å². The second kappa shape index (κ2) is 20.1. The highest BCUT2D eigenvalue weighted by Gasteiger charge is 2.17. The number of nitrogens with one attached hydrogen (secondary N) is 5. The highest BCUT2D eigenvalue weighted by molar-refractivity contribution is 7.93. The van der Waals surface area contributed by atoms with Crippen molar-refractivity contribution in [1.29, 1.82) is 0 Å². The summed E-state index contributed by atoms with van der Waals surface area (Å²) in [5.41, 5.74) is 4.62. The van der Waals surface area contributed by atoms with Crippen LogP contribution in [0.3, 0.4) is 0 Å². The highest BCUT2D eigenvalue weighted by Crippen LogP contribution is 2.26. The first-order chi connectivity index (χ1) is 27.9. The first kappa shape index (κ1) is 42.7. The molecule has 0 aliphatic rings. The van der Waals surface area contributed by atoms with Gasteiger partial charge in [-0.15, -0.1) is 0 Å². The number of carbonyl (C=O) groups excluding carboxylic acids is 2. The van der Waals surface area contributed by atoms with Crippen LogP contribution in [0.25, 0.3) is 10.8 Å². The van der Waals surface area contributed by atoms with Gasteiger partial charge in [0, 0.05) is 42.1 Å². The van der Waals surface area contributed by atoms with Crippen LogP contribution in [-0.4, -0.2) is 54.0 Å². The molecular weight excluding hydrogens is 781 g/mol. The molecule has 0 saturated heterocycles. The van der Waals surface area contributed by atoms with Gasteiger partial charge in [-0.1, -0.05) is 66.7 Å². The van der Waals surface area contributed by atoms with Crippen molar-refractivity contribution in [3.05, 3.63) is 156 Å². The quantitative estimate of drug-likeness (QED) is 0.0356. The van der Waals surface area contributed by atoms with Crippen LogP contribution in [-0.2, 0) is 26.6 Å². The van der Waals surface area contributed by atoms with Gasteiger partial charge in [-0.3, -0.25) is 30.3 Å². The van der Waals surface area contributed by atoms with Crippen molar-refractivity contribution in [2.24, 2.45) is 5.84 Å². The second-order valence-corrected chi connectivity index (χ2v) is 16.2. The Labute approximate surface area is 337 Å². The van der Waals surface area contributed by atoms with Crippen molar-refractivity contribution in [2.45, 2.75) is 29.2 Å². The topological polar surface area (TPSA) is 218 Å². The lowest BCUT2D eigenvalue weighted by atomic mass is 10.1. The number of benzene rings is 6. The van der Waals surface area contributed by atoms with Gasteiger partial charge in [-0.05, 0) is 102 Å². The maximum Gasteiger partial charge on any atom is 0.261 e. The molecule has 0 spiro atoms. The summed E-state index contributed by atoms with van der Waals surface area (Å²) in [5.74, 6) is 4.92. The maximum atomic E-state index is 12.8. The minimum absolute atomic E-state index is 0.0148. The fourth-order valence-electron chi connectivity index (χ4n) is 5.58. The molecule has 58 heavy (non-hydrogen) atoms. The predicted octanol–water partition coefficient (Wildman–Crippen LogP) is 5.75. The number of nitrogens with two attached hydrogens (primary N) is 1. The normalized spacial score (nSPS) is 11.1. The molecule has 302 valence electrons. The van der Waals surface area contributed by atoms with Gasteiger partial charge in [0.05, 0.1) is 16.9 Å². The van der Waals surface area contributed by atoms with Crippen molar-refractivity contribution in [3.63, 3.8) is 0 Å². The standard InChI is InChI=1S/C21H24N4O3S.C21H20N2O5S/c22-24-13-4-3-12-23-21(26)18-8-5-9-19(14-18)25-29(27,28)20-11-10-16-6-1-2-7-17(16)15-20;1-28-20-12-15(10-11-19(20)24)14-22-21(25)16-6-5-7-17(13-16)23-29(26,27)18-8-3-2-4-9-18/h1-2,5-11,14-15,24-25H,3-4,12-13,22H2,(H,23,26);2-13,23-24H,14H2,1H3,(H,22,25). The number of ether oxygens (including phenoxy) is 1. The fraction of sp³-hybridized carbons (Fsp3) is 0.143. The fourth-order valence-corrected chi connectivity index (χ4v) is 7.74. The first-order valence-electron chi connectivity index (χ1n) is 18.0. The number of fused-ring (bicyclic) bond motifs is 1. The van der Waals surface area contributed by atoms with Crippen molar-refractivity contribution in [3.8, 4) is 11.5 Å². The van der Waals surface area contributed by atoms with E-state index in [0.717, 1.165) is 29.2 Å². The minimum Gasteiger partial charge on any atom is -0.504 e. The molecule has 0 atom stereocenters. The number of rotatable bonds is 16. The third-order valence-electron chi connectivity index (χ3n) is 8.57. The molecule has 6 rings (SSSR count). The number of anilines is 2. The second-order valence-electron chi connectivity index (χ2n) is 12.8. The number of hydrogen-bond acceptors (Lipinski definition) is 10. The molecule has 0 radical (unpaired) electrons. The SMILES string of the molecule is COc1cc(CNC(=O)c2cccc(NS(=O)(=O)c3ccccc3)c2)ccc1O.NNCCCCNC(=O)c1cccc(NS(=O)(=O)c2ccc3ccccc3c2)c1. The summed E-state index contributed by atoms with van der Waals surface area (Å²) in [6.45, 7) is 1.42. The molecule has 0 saturated carbocycles. The largest absolute Gasteiger partial charge is 0.504 e. The minimum atomic E-state index is -3.77. The number of amides is 2. The summed E-state index contributed by atoms with van der Waals surface area (Å²) in [7, 11) is -6.07. The number of phenolic OH excluding ortho intramolecular Hbond substituents is 1. The lowest BCUT2D eigenvalue weighted by Gasteiger charge is -2.11. The van der Waals surface area contributed by atoms with Crippen molar-refractivity contribution >= 4 is 54.0 Å². The Morgan fingerprint density at radius 1 is 0.603 bits per heavy atom. The van der Waals surface area contributed by atoms with Gasteiger partial charge < -0.3 is 20.5 Å². The third-order valence-corrected chi connectivity index (χ3v) is 11.3. The van der Waals surface area contributed by atoms with Crippen LogP contribution in [0.2, 0.25) is 0 Å². The summed E-state index contributed by atoms with van der Waals surface area (Å²) in [6, 6.07) is 37.9. The van der Waals surface area contributed by atoms with E-state index in [4.69, 9.17) is 10.6 Å². The van der Waals surface area contributed by atoms with Gasteiger partial charge in [-0.2, -0.15) is 0 Å². The molecule has 0 unspecified atom stereocenters. The molecule has 6 aromatic rings. The molecule has 0 bridgehead atoms. The molecular formula is C42H44N6O8S2. The summed E-state index contributed by atoms with van der Waals surface area (Å²) in [6.07, 6.45) is 1.65. The number of aromatic hydroxyl groups is 1. The molecule has 0 heterocycles. The Kier molecular flexibility index (Phi) is 14.8. The number of phenols is 1. The highest BCUT2D eigenvalue weighted by atomic mass is 32.2. The zero-order valence-corrected chi connectivity index (χ0v) is 33.1. The molecule has 0 aliphatic heterocycles. The average Bonchev–Trinajstić information content (AvgIpc) is 3.23. The molecule has 2 amide bonds. The number of sulfonamides is 2. The van der Waals surface area contributed by atoms with E-state index in [1.165, 1.54) is 37.4 Å². The number of carbonyl (C=O) groups is 2. The maximum absolute atomic E-state index is 12.8. The smallest absolute Gasteiger partial charge is 0.261 e. The van der Waals surface area contributed by atoms with Gasteiger partial charge in [0.25, 0.3) is 31.9 Å². The Morgan fingerprint density at radius 3 is 1.83 bits per heavy atom. The van der Waals surface area contributed by atoms with Crippen molar-refractivity contribution in [1.82, 2.24) is 16.1 Å². The van der Waals surface area contributed by atoms with Crippen molar-refractivity contribution < 1.29 is 36.3 Å². The molecule has 6 aromatic carbocycles. The Morgan fingerprint density at radius 2 is 1.19 bits per heavy atom. The van der Waals surface area contributed by atoms with Gasteiger partial charge in [-0.25, -0.2) is 16.8 Å². The van der Waals surface area contributed by atoms with Crippen LogP contribution in [0.15, 0.2) is 149 Å². The van der Waals surface area contributed by atoms with Crippen LogP contribution in [0, 0.1) is 0 Å². The number of hydrazine groups is 1. The lowest BCUT2D eigenvalue weighted by molar-refractivity contribution is 0.0944. The van der Waals surface area contributed by atoms with E-state index in [0.29, 0.717) is 35.7 Å². The zero-order valence-electron chi connectivity index (χ0n) is 31.5. The molecule has 0 fully saturated rings. The molecule has 8 N–H and O–H groups in total.